The zero-order valence-electron chi connectivity index (χ0n) is 26.6. The minimum Gasteiger partial charge on any atom is -0.453 e. The maximum Gasteiger partial charge on any atom is 0.407 e. The van der Waals surface area contributed by atoms with E-state index in [1.165, 1.54) is 14.2 Å². The number of amides is 4. The van der Waals surface area contributed by atoms with Crippen LogP contribution in [0.2, 0.25) is 0 Å². The van der Waals surface area contributed by atoms with Gasteiger partial charge in [0.2, 0.25) is 5.91 Å². The van der Waals surface area contributed by atoms with Gasteiger partial charge in [-0.25, -0.2) is 14.6 Å². The summed E-state index contributed by atoms with van der Waals surface area (Å²) >= 11 is 0. The van der Waals surface area contributed by atoms with E-state index in [1.807, 2.05) is 61.5 Å². The summed E-state index contributed by atoms with van der Waals surface area (Å²) in [6.45, 7) is 9.28. The summed E-state index contributed by atoms with van der Waals surface area (Å²) in [4.78, 5) is 50.6. The second-order valence-electron chi connectivity index (χ2n) is 11.4. The molecule has 44 heavy (non-hydrogen) atoms. The molecule has 0 saturated heterocycles. The molecule has 0 aliphatic rings. The summed E-state index contributed by atoms with van der Waals surface area (Å²) in [6.07, 6.45) is -2.37. The molecule has 0 spiro atoms. The molecule has 2 rings (SSSR count). The third-order valence-corrected chi connectivity index (χ3v) is 7.08. The summed E-state index contributed by atoms with van der Waals surface area (Å²) in [7, 11) is 2.43. The minimum atomic E-state index is -1.16. The van der Waals surface area contributed by atoms with Gasteiger partial charge in [-0.05, 0) is 36.3 Å². The van der Waals surface area contributed by atoms with Crippen LogP contribution in [0.1, 0.15) is 44.4 Å². The number of hydrogen-bond acceptors (Lipinski definition) is 8. The number of ether oxygens (including phenoxy) is 2. The van der Waals surface area contributed by atoms with Crippen molar-refractivity contribution in [3.8, 4) is 0 Å². The average Bonchev–Trinajstić information content (AvgIpc) is 2.98. The number of nitrogens with zero attached hydrogens (tertiary/aromatic N) is 1. The number of rotatable bonds is 15. The second-order valence-corrected chi connectivity index (χ2v) is 11.4. The molecule has 0 heterocycles. The lowest BCUT2D eigenvalue weighted by Gasteiger charge is -2.33. The predicted octanol–water partition coefficient (Wildman–Crippen LogP) is 2.68. The molecule has 12 heteroatoms. The highest BCUT2D eigenvalue weighted by atomic mass is 16.5. The standard InChI is InChI=1S/C32H47N5O7/c1-20(2)27(34-31(41)43-6)29(39)33-25(17-23-11-9-8-10-12-23)26(38)19-37(18-24-15-13-22(5)14-16-24)36-30(40)28(21(3)4)35-32(42)44-7/h8-16,20-21,25-28,38H,17-19H2,1-7H3,(H,33,39)(H,34,41)(H,35,42)(H,36,40)/t25-,26-,27-,28-/m0/s1. The number of hydrogen-bond donors (Lipinski definition) is 5. The van der Waals surface area contributed by atoms with E-state index in [0.717, 1.165) is 16.7 Å². The van der Waals surface area contributed by atoms with Crippen LogP contribution in [0.25, 0.3) is 0 Å². The van der Waals surface area contributed by atoms with Gasteiger partial charge in [-0.1, -0.05) is 87.9 Å². The Hall–Kier alpha value is -4.16. The number of aryl methyl sites for hydroxylation is 1. The predicted molar refractivity (Wildman–Crippen MR) is 166 cm³/mol. The monoisotopic (exact) mass is 613 g/mol. The van der Waals surface area contributed by atoms with E-state index in [4.69, 9.17) is 4.74 Å². The van der Waals surface area contributed by atoms with Gasteiger partial charge >= 0.3 is 12.2 Å². The molecule has 12 nitrogen and oxygen atoms in total. The summed E-state index contributed by atoms with van der Waals surface area (Å²) in [5, 5.41) is 21.2. The fourth-order valence-corrected chi connectivity index (χ4v) is 4.51. The van der Waals surface area contributed by atoms with Gasteiger partial charge in [-0.3, -0.25) is 15.0 Å². The first-order chi connectivity index (χ1) is 20.8. The zero-order valence-corrected chi connectivity index (χ0v) is 26.6. The van der Waals surface area contributed by atoms with Gasteiger partial charge in [-0.15, -0.1) is 0 Å². The Balaban J connectivity index is 2.37. The van der Waals surface area contributed by atoms with Gasteiger partial charge in [0.15, 0.2) is 0 Å². The van der Waals surface area contributed by atoms with E-state index < -0.39 is 48.2 Å². The molecule has 2 aromatic rings. The fourth-order valence-electron chi connectivity index (χ4n) is 4.51. The lowest BCUT2D eigenvalue weighted by Crippen LogP contribution is -2.59. The number of aliphatic hydroxyl groups excluding tert-OH is 1. The first-order valence-corrected chi connectivity index (χ1v) is 14.7. The number of aliphatic hydroxyl groups is 1. The van der Waals surface area contributed by atoms with Crippen LogP contribution in [0.5, 0.6) is 0 Å². The van der Waals surface area contributed by atoms with E-state index in [2.05, 4.69) is 26.1 Å². The molecule has 2 aromatic carbocycles. The number of carbonyl (C=O) groups is 4. The number of alkyl carbamates (subject to hydrolysis) is 2. The number of nitrogens with one attached hydrogen (secondary N) is 4. The molecule has 0 bridgehead atoms. The summed E-state index contributed by atoms with van der Waals surface area (Å²) < 4.78 is 9.38. The van der Waals surface area contributed by atoms with Gasteiger partial charge in [0.05, 0.1) is 26.4 Å². The van der Waals surface area contributed by atoms with Crippen molar-refractivity contribution in [3.63, 3.8) is 0 Å². The van der Waals surface area contributed by atoms with Crippen LogP contribution in [0, 0.1) is 18.8 Å². The van der Waals surface area contributed by atoms with Gasteiger partial charge in [0, 0.05) is 13.1 Å². The Morgan fingerprint density at radius 2 is 1.27 bits per heavy atom. The normalized spacial score (nSPS) is 13.9. The van der Waals surface area contributed by atoms with Crippen LogP contribution < -0.4 is 21.4 Å². The fraction of sp³-hybridized carbons (Fsp3) is 0.500. The molecule has 0 fully saturated rings. The van der Waals surface area contributed by atoms with Crippen molar-refractivity contribution in [2.75, 3.05) is 20.8 Å². The summed E-state index contributed by atoms with van der Waals surface area (Å²) in [5.41, 5.74) is 5.66. The van der Waals surface area contributed by atoms with E-state index >= 15 is 0 Å². The lowest BCUT2D eigenvalue weighted by molar-refractivity contribution is -0.131. The Bertz CT molecular complexity index is 1210. The van der Waals surface area contributed by atoms with E-state index in [-0.39, 0.29) is 31.3 Å². The van der Waals surface area contributed by atoms with Crippen molar-refractivity contribution in [2.24, 2.45) is 11.8 Å². The molecular formula is C32H47N5O7. The highest BCUT2D eigenvalue weighted by Gasteiger charge is 2.32. The molecule has 4 atom stereocenters. The Labute approximate surface area is 259 Å². The van der Waals surface area contributed by atoms with Gasteiger partial charge < -0.3 is 30.5 Å². The highest BCUT2D eigenvalue weighted by Crippen LogP contribution is 2.13. The molecule has 0 aliphatic heterocycles. The lowest BCUT2D eigenvalue weighted by atomic mass is 9.98. The van der Waals surface area contributed by atoms with E-state index in [0.29, 0.717) is 0 Å². The van der Waals surface area contributed by atoms with Crippen molar-refractivity contribution in [1.29, 1.82) is 0 Å². The first-order valence-electron chi connectivity index (χ1n) is 14.7. The van der Waals surface area contributed by atoms with E-state index in [9.17, 15) is 24.3 Å². The average molecular weight is 614 g/mol. The SMILES string of the molecule is COC(=O)N[C@H](C(=O)N[C@@H](Cc1ccccc1)[C@@H](O)CN(Cc1ccc(C)cc1)NC(=O)[C@@H](NC(=O)OC)C(C)C)C(C)C. The van der Waals surface area contributed by atoms with Crippen LogP contribution in [-0.4, -0.2) is 79.1 Å². The summed E-state index contributed by atoms with van der Waals surface area (Å²) in [5.74, 6) is -1.51. The first kappa shape index (κ1) is 36.0. The molecule has 0 aromatic heterocycles. The van der Waals surface area contributed by atoms with Crippen LogP contribution in [0.3, 0.4) is 0 Å². The van der Waals surface area contributed by atoms with Crippen LogP contribution in [-0.2, 0) is 32.0 Å². The van der Waals surface area contributed by atoms with Gasteiger partial charge in [0.1, 0.15) is 12.1 Å². The Morgan fingerprint density at radius 1 is 0.750 bits per heavy atom. The Morgan fingerprint density at radius 3 is 1.77 bits per heavy atom. The van der Waals surface area contributed by atoms with Crippen molar-refractivity contribution in [2.45, 2.75) is 71.8 Å². The maximum atomic E-state index is 13.4. The number of benzene rings is 2. The van der Waals surface area contributed by atoms with Crippen LogP contribution in [0.15, 0.2) is 54.6 Å². The molecule has 0 saturated carbocycles. The molecule has 0 radical (unpaired) electrons. The molecule has 0 unspecified atom stereocenters. The van der Waals surface area contributed by atoms with Crippen molar-refractivity contribution in [1.82, 2.24) is 26.4 Å². The largest absolute Gasteiger partial charge is 0.453 e. The van der Waals surface area contributed by atoms with Crippen molar-refractivity contribution < 1.29 is 33.8 Å². The molecular weight excluding hydrogens is 566 g/mol. The maximum absolute atomic E-state index is 13.4. The molecule has 242 valence electrons. The minimum absolute atomic E-state index is 0.0722. The zero-order chi connectivity index (χ0) is 32.8. The van der Waals surface area contributed by atoms with Gasteiger partial charge in [0.25, 0.3) is 5.91 Å². The number of methoxy groups -OCH3 is 2. The third-order valence-electron chi connectivity index (χ3n) is 7.08. The Kier molecular flexibility index (Phi) is 14.6. The molecule has 0 aliphatic carbocycles. The quantitative estimate of drug-likeness (QED) is 0.192. The second kappa shape index (κ2) is 17.8. The van der Waals surface area contributed by atoms with E-state index in [1.54, 1.807) is 32.7 Å². The van der Waals surface area contributed by atoms with Crippen molar-refractivity contribution in [3.05, 3.63) is 71.3 Å². The van der Waals surface area contributed by atoms with Crippen LogP contribution >= 0.6 is 0 Å². The molecule has 5 N–H and O–H groups in total. The van der Waals surface area contributed by atoms with Crippen LogP contribution in [0.4, 0.5) is 9.59 Å². The third kappa shape index (κ3) is 11.8. The molecule has 4 amide bonds. The highest BCUT2D eigenvalue weighted by molar-refractivity contribution is 5.86. The number of carbonyl (C=O) groups excluding carboxylic acids is 4. The topological polar surface area (TPSA) is 158 Å². The summed E-state index contributed by atoms with van der Waals surface area (Å²) in [6, 6.07) is 14.5. The van der Waals surface area contributed by atoms with Crippen molar-refractivity contribution >= 4 is 24.0 Å². The smallest absolute Gasteiger partial charge is 0.407 e. The van der Waals surface area contributed by atoms with Gasteiger partial charge in [-0.2, -0.15) is 0 Å². The number of hydrazine groups is 1.